The summed E-state index contributed by atoms with van der Waals surface area (Å²) in [5.41, 5.74) is 3.40. The van der Waals surface area contributed by atoms with Gasteiger partial charge in [-0.2, -0.15) is 5.10 Å². The SMILES string of the molecule is Fc1ccc(Cn2ncc3c2CN(c2ccc(Cl)cn2)C3)cc1. The first-order valence-electron chi connectivity index (χ1n) is 7.33. The van der Waals surface area contributed by atoms with Gasteiger partial charge in [-0.3, -0.25) is 4.68 Å². The second kappa shape index (κ2) is 5.66. The van der Waals surface area contributed by atoms with Gasteiger partial charge >= 0.3 is 0 Å². The molecule has 0 radical (unpaired) electrons. The summed E-state index contributed by atoms with van der Waals surface area (Å²) >= 11 is 5.89. The van der Waals surface area contributed by atoms with Crippen LogP contribution in [0.3, 0.4) is 0 Å². The maximum absolute atomic E-state index is 13.0. The number of anilines is 1. The average Bonchev–Trinajstić information content (AvgIpc) is 3.12. The fraction of sp³-hybridized carbons (Fsp3) is 0.176. The highest BCUT2D eigenvalue weighted by Crippen LogP contribution is 2.27. The summed E-state index contributed by atoms with van der Waals surface area (Å²) in [5.74, 6) is 0.679. The van der Waals surface area contributed by atoms with Crippen molar-refractivity contribution in [3.05, 3.63) is 76.5 Å². The summed E-state index contributed by atoms with van der Waals surface area (Å²) in [4.78, 5) is 6.55. The molecule has 1 aliphatic rings. The molecule has 23 heavy (non-hydrogen) atoms. The lowest BCUT2D eigenvalue weighted by Gasteiger charge is -2.17. The van der Waals surface area contributed by atoms with Gasteiger partial charge in [-0.1, -0.05) is 23.7 Å². The van der Waals surface area contributed by atoms with E-state index in [-0.39, 0.29) is 5.82 Å². The molecule has 0 aliphatic carbocycles. The van der Waals surface area contributed by atoms with Crippen LogP contribution in [0, 0.1) is 5.82 Å². The van der Waals surface area contributed by atoms with Crippen molar-refractivity contribution < 1.29 is 4.39 Å². The van der Waals surface area contributed by atoms with Gasteiger partial charge in [0.1, 0.15) is 11.6 Å². The highest BCUT2D eigenvalue weighted by molar-refractivity contribution is 6.30. The zero-order valence-corrected chi connectivity index (χ0v) is 13.0. The van der Waals surface area contributed by atoms with Crippen LogP contribution < -0.4 is 4.90 Å². The van der Waals surface area contributed by atoms with Gasteiger partial charge in [0.25, 0.3) is 0 Å². The highest BCUT2D eigenvalue weighted by atomic mass is 35.5. The maximum Gasteiger partial charge on any atom is 0.129 e. The van der Waals surface area contributed by atoms with Gasteiger partial charge in [0.05, 0.1) is 30.0 Å². The van der Waals surface area contributed by atoms with Crippen molar-refractivity contribution in [2.24, 2.45) is 0 Å². The Morgan fingerprint density at radius 2 is 1.87 bits per heavy atom. The normalized spacial score (nSPS) is 13.4. The zero-order chi connectivity index (χ0) is 15.8. The summed E-state index contributed by atoms with van der Waals surface area (Å²) in [6.07, 6.45) is 3.56. The number of hydrogen-bond acceptors (Lipinski definition) is 3. The first-order chi connectivity index (χ1) is 11.2. The lowest BCUT2D eigenvalue weighted by Crippen LogP contribution is -2.18. The number of rotatable bonds is 3. The Kier molecular flexibility index (Phi) is 3.50. The minimum Gasteiger partial charge on any atom is -0.346 e. The molecule has 0 saturated carbocycles. The third kappa shape index (κ3) is 2.80. The first-order valence-corrected chi connectivity index (χ1v) is 7.71. The number of aromatic nitrogens is 3. The van der Waals surface area contributed by atoms with Gasteiger partial charge in [0.15, 0.2) is 0 Å². The molecule has 0 saturated heterocycles. The number of hydrogen-bond donors (Lipinski definition) is 0. The minimum atomic E-state index is -0.223. The van der Waals surface area contributed by atoms with E-state index in [4.69, 9.17) is 11.6 Å². The summed E-state index contributed by atoms with van der Waals surface area (Å²) in [7, 11) is 0. The van der Waals surface area contributed by atoms with Crippen LogP contribution in [0.1, 0.15) is 16.8 Å². The molecule has 0 unspecified atom stereocenters. The second-order valence-electron chi connectivity index (χ2n) is 5.59. The monoisotopic (exact) mass is 328 g/mol. The Morgan fingerprint density at radius 1 is 1.04 bits per heavy atom. The Morgan fingerprint density at radius 3 is 2.61 bits per heavy atom. The van der Waals surface area contributed by atoms with Gasteiger partial charge in [0.2, 0.25) is 0 Å². The zero-order valence-electron chi connectivity index (χ0n) is 12.3. The fourth-order valence-corrected chi connectivity index (χ4v) is 2.93. The number of nitrogens with zero attached hydrogens (tertiary/aromatic N) is 4. The lowest BCUT2D eigenvalue weighted by atomic mass is 10.2. The molecule has 0 atom stereocenters. The number of benzene rings is 1. The molecule has 3 heterocycles. The predicted molar refractivity (Wildman–Crippen MR) is 86.9 cm³/mol. The van der Waals surface area contributed by atoms with E-state index < -0.39 is 0 Å². The molecule has 116 valence electrons. The third-order valence-corrected chi connectivity index (χ3v) is 4.24. The van der Waals surface area contributed by atoms with Crippen molar-refractivity contribution >= 4 is 17.4 Å². The van der Waals surface area contributed by atoms with Gasteiger partial charge in [-0.25, -0.2) is 9.37 Å². The minimum absolute atomic E-state index is 0.223. The quantitative estimate of drug-likeness (QED) is 0.736. The van der Waals surface area contributed by atoms with Crippen LogP contribution in [-0.2, 0) is 19.6 Å². The lowest BCUT2D eigenvalue weighted by molar-refractivity contribution is 0.620. The molecule has 1 aliphatic heterocycles. The van der Waals surface area contributed by atoms with Crippen molar-refractivity contribution in [3.63, 3.8) is 0 Å². The molecule has 0 spiro atoms. The molecule has 3 aromatic rings. The molecule has 4 rings (SSSR count). The van der Waals surface area contributed by atoms with E-state index in [1.165, 1.54) is 23.4 Å². The number of pyridine rings is 1. The largest absolute Gasteiger partial charge is 0.346 e. The van der Waals surface area contributed by atoms with Gasteiger partial charge in [-0.15, -0.1) is 0 Å². The van der Waals surface area contributed by atoms with E-state index in [1.54, 1.807) is 18.3 Å². The van der Waals surface area contributed by atoms with Gasteiger partial charge < -0.3 is 4.90 Å². The molecule has 0 amide bonds. The van der Waals surface area contributed by atoms with Crippen LogP contribution in [0.2, 0.25) is 5.02 Å². The standard InChI is InChI=1S/C17H14ClFN4/c18-14-3-6-17(20-8-14)22-10-13-7-21-23(16(13)11-22)9-12-1-4-15(19)5-2-12/h1-8H,9-11H2. The van der Waals surface area contributed by atoms with Crippen LogP contribution in [0.4, 0.5) is 10.2 Å². The van der Waals surface area contributed by atoms with Crippen molar-refractivity contribution in [3.8, 4) is 0 Å². The fourth-order valence-electron chi connectivity index (χ4n) is 2.82. The summed E-state index contributed by atoms with van der Waals surface area (Å²) in [5, 5.41) is 5.08. The Hall–Kier alpha value is -2.40. The second-order valence-corrected chi connectivity index (χ2v) is 6.03. The molecule has 6 heteroatoms. The molecule has 0 fully saturated rings. The maximum atomic E-state index is 13.0. The van der Waals surface area contributed by atoms with E-state index in [2.05, 4.69) is 15.0 Å². The van der Waals surface area contributed by atoms with Crippen LogP contribution in [-0.4, -0.2) is 14.8 Å². The molecule has 2 aromatic heterocycles. The van der Waals surface area contributed by atoms with Crippen LogP contribution in [0.15, 0.2) is 48.8 Å². The van der Waals surface area contributed by atoms with Crippen molar-refractivity contribution in [1.29, 1.82) is 0 Å². The van der Waals surface area contributed by atoms with E-state index in [0.29, 0.717) is 11.6 Å². The van der Waals surface area contributed by atoms with Crippen LogP contribution in [0.25, 0.3) is 0 Å². The molecule has 1 aromatic carbocycles. The van der Waals surface area contributed by atoms with Crippen LogP contribution >= 0.6 is 11.6 Å². The first kappa shape index (κ1) is 14.2. The van der Waals surface area contributed by atoms with E-state index in [1.807, 2.05) is 23.0 Å². The number of halogens is 2. The Bertz CT molecular complexity index is 827. The van der Waals surface area contributed by atoms with Crippen molar-refractivity contribution in [2.45, 2.75) is 19.6 Å². The Balaban J connectivity index is 1.54. The smallest absolute Gasteiger partial charge is 0.129 e. The van der Waals surface area contributed by atoms with Gasteiger partial charge in [-0.05, 0) is 29.8 Å². The van der Waals surface area contributed by atoms with E-state index in [9.17, 15) is 4.39 Å². The summed E-state index contributed by atoms with van der Waals surface area (Å²) in [6, 6.07) is 10.3. The van der Waals surface area contributed by atoms with E-state index >= 15 is 0 Å². The topological polar surface area (TPSA) is 34.0 Å². The Labute approximate surface area is 138 Å². The predicted octanol–water partition coefficient (Wildman–Crippen LogP) is 3.64. The average molecular weight is 329 g/mol. The van der Waals surface area contributed by atoms with E-state index in [0.717, 1.165) is 24.5 Å². The molecule has 0 N–H and O–H groups in total. The highest BCUT2D eigenvalue weighted by Gasteiger charge is 2.24. The third-order valence-electron chi connectivity index (χ3n) is 4.02. The molecule has 4 nitrogen and oxygen atoms in total. The molecular formula is C17H14ClFN4. The number of fused-ring (bicyclic) bond motifs is 1. The summed E-state index contributed by atoms with van der Waals surface area (Å²) < 4.78 is 15.0. The molecule has 0 bridgehead atoms. The molecular weight excluding hydrogens is 315 g/mol. The van der Waals surface area contributed by atoms with Crippen molar-refractivity contribution in [2.75, 3.05) is 4.90 Å². The summed E-state index contributed by atoms with van der Waals surface area (Å²) in [6.45, 7) is 2.18. The van der Waals surface area contributed by atoms with Crippen molar-refractivity contribution in [1.82, 2.24) is 14.8 Å². The van der Waals surface area contributed by atoms with Crippen LogP contribution in [0.5, 0.6) is 0 Å². The van der Waals surface area contributed by atoms with Gasteiger partial charge in [0, 0.05) is 18.3 Å².